The molecular formula is C11H13BrN4O3. The van der Waals surface area contributed by atoms with E-state index in [-0.39, 0.29) is 23.9 Å². The molecule has 1 aliphatic heterocycles. The van der Waals surface area contributed by atoms with E-state index in [1.54, 1.807) is 0 Å². The van der Waals surface area contributed by atoms with Crippen LogP contribution in [0.5, 0.6) is 0 Å². The minimum atomic E-state index is -0.479. The Morgan fingerprint density at radius 3 is 3.11 bits per heavy atom. The lowest BCUT2D eigenvalue weighted by atomic mass is 9.72. The number of nitrogens with zero attached hydrogens (tertiary/aromatic N) is 2. The lowest BCUT2D eigenvalue weighted by Gasteiger charge is -2.45. The van der Waals surface area contributed by atoms with Gasteiger partial charge in [-0.3, -0.25) is 10.1 Å². The van der Waals surface area contributed by atoms with E-state index in [1.165, 1.54) is 12.3 Å². The first-order valence-electron chi connectivity index (χ1n) is 6.01. The van der Waals surface area contributed by atoms with Gasteiger partial charge in [0.05, 0.1) is 21.5 Å². The third kappa shape index (κ3) is 2.09. The minimum Gasteiger partial charge on any atom is -0.376 e. The Morgan fingerprint density at radius 2 is 2.42 bits per heavy atom. The zero-order valence-corrected chi connectivity index (χ0v) is 11.5. The number of ether oxygens (including phenoxy) is 1. The fraction of sp³-hybridized carbons (Fsp3) is 0.545. The van der Waals surface area contributed by atoms with Crippen molar-refractivity contribution >= 4 is 27.4 Å². The van der Waals surface area contributed by atoms with Crippen molar-refractivity contribution in [2.24, 2.45) is 11.7 Å². The molecule has 1 saturated carbocycles. The molecule has 7 nitrogen and oxygen atoms in total. The highest BCUT2D eigenvalue weighted by Crippen LogP contribution is 2.40. The molecule has 0 spiro atoms. The molecule has 3 rings (SSSR count). The summed E-state index contributed by atoms with van der Waals surface area (Å²) in [6.07, 6.45) is 2.35. The number of anilines is 1. The van der Waals surface area contributed by atoms with Crippen molar-refractivity contribution in [3.63, 3.8) is 0 Å². The predicted octanol–water partition coefficient (Wildman–Crippen LogP) is 1.28. The third-order valence-electron chi connectivity index (χ3n) is 3.79. The Morgan fingerprint density at radius 1 is 1.63 bits per heavy atom. The van der Waals surface area contributed by atoms with Crippen LogP contribution in [0, 0.1) is 16.0 Å². The molecule has 2 heterocycles. The summed E-state index contributed by atoms with van der Waals surface area (Å²) in [5, 5.41) is 13.8. The van der Waals surface area contributed by atoms with Crippen LogP contribution in [0.2, 0.25) is 0 Å². The molecule has 0 bridgehead atoms. The van der Waals surface area contributed by atoms with Crippen molar-refractivity contribution in [2.45, 2.75) is 24.6 Å². The first kappa shape index (κ1) is 12.8. The number of nitrogens with one attached hydrogen (secondary N) is 1. The molecule has 0 amide bonds. The molecule has 4 atom stereocenters. The highest BCUT2D eigenvalue weighted by Gasteiger charge is 2.52. The molecule has 1 aromatic rings. The van der Waals surface area contributed by atoms with Crippen molar-refractivity contribution in [2.75, 3.05) is 11.9 Å². The summed E-state index contributed by atoms with van der Waals surface area (Å²) >= 11 is 3.28. The normalized spacial score (nSPS) is 32.5. The number of hydrogen-bond donors (Lipinski definition) is 2. The fourth-order valence-electron chi connectivity index (χ4n) is 2.72. The molecule has 2 aliphatic rings. The first-order valence-corrected chi connectivity index (χ1v) is 6.81. The van der Waals surface area contributed by atoms with Crippen LogP contribution >= 0.6 is 15.9 Å². The molecular weight excluding hydrogens is 316 g/mol. The van der Waals surface area contributed by atoms with Gasteiger partial charge in [0, 0.05) is 24.6 Å². The maximum absolute atomic E-state index is 10.6. The van der Waals surface area contributed by atoms with Crippen LogP contribution < -0.4 is 11.1 Å². The van der Waals surface area contributed by atoms with Crippen LogP contribution in [0.1, 0.15) is 6.42 Å². The van der Waals surface area contributed by atoms with Crippen LogP contribution in [-0.4, -0.2) is 34.7 Å². The Hall–Kier alpha value is -1.25. The van der Waals surface area contributed by atoms with Crippen LogP contribution in [0.4, 0.5) is 11.5 Å². The van der Waals surface area contributed by atoms with Gasteiger partial charge in [0.15, 0.2) is 0 Å². The number of hydrogen-bond acceptors (Lipinski definition) is 6. The maximum Gasteiger partial charge on any atom is 0.288 e. The van der Waals surface area contributed by atoms with Gasteiger partial charge in [-0.1, -0.05) is 0 Å². The van der Waals surface area contributed by atoms with Gasteiger partial charge in [0.25, 0.3) is 5.69 Å². The van der Waals surface area contributed by atoms with E-state index in [4.69, 9.17) is 10.5 Å². The molecule has 0 aromatic carbocycles. The smallest absolute Gasteiger partial charge is 0.288 e. The highest BCUT2D eigenvalue weighted by molar-refractivity contribution is 9.10. The Bertz CT molecular complexity index is 527. The van der Waals surface area contributed by atoms with Gasteiger partial charge in [-0.25, -0.2) is 4.98 Å². The average Bonchev–Trinajstić information content (AvgIpc) is 2.81. The number of nitro groups is 1. The van der Waals surface area contributed by atoms with E-state index >= 15 is 0 Å². The second-order valence-corrected chi connectivity index (χ2v) is 5.67. The third-order valence-corrected chi connectivity index (χ3v) is 4.39. The fourth-order valence-corrected chi connectivity index (χ4v) is 3.17. The van der Waals surface area contributed by atoms with E-state index < -0.39 is 4.92 Å². The number of pyridine rings is 1. The number of aromatic nitrogens is 1. The number of fused-ring (bicyclic) bond motifs is 1. The zero-order chi connectivity index (χ0) is 13.6. The molecule has 19 heavy (non-hydrogen) atoms. The van der Waals surface area contributed by atoms with Crippen LogP contribution in [-0.2, 0) is 4.74 Å². The lowest BCUT2D eigenvalue weighted by molar-refractivity contribution is -0.385. The van der Waals surface area contributed by atoms with Crippen molar-refractivity contribution < 1.29 is 9.66 Å². The number of nitrogens with two attached hydrogens (primary N) is 1. The molecule has 0 radical (unpaired) electrons. The Balaban J connectivity index is 1.75. The van der Waals surface area contributed by atoms with Gasteiger partial charge in [-0.15, -0.1) is 0 Å². The summed E-state index contributed by atoms with van der Waals surface area (Å²) in [6, 6.07) is 1.47. The van der Waals surface area contributed by atoms with E-state index in [0.717, 1.165) is 13.0 Å². The molecule has 1 aromatic heterocycles. The molecule has 1 aliphatic carbocycles. The second kappa shape index (κ2) is 4.69. The van der Waals surface area contributed by atoms with E-state index in [1.807, 2.05) is 0 Å². The van der Waals surface area contributed by atoms with Crippen LogP contribution in [0.25, 0.3) is 0 Å². The van der Waals surface area contributed by atoms with Gasteiger partial charge < -0.3 is 15.8 Å². The quantitative estimate of drug-likeness (QED) is 0.639. The number of halogens is 1. The summed E-state index contributed by atoms with van der Waals surface area (Å²) in [5.41, 5.74) is 6.04. The topological polar surface area (TPSA) is 103 Å². The van der Waals surface area contributed by atoms with Gasteiger partial charge in [-0.2, -0.15) is 0 Å². The zero-order valence-electron chi connectivity index (χ0n) is 9.95. The maximum atomic E-state index is 10.6. The Kier molecular flexibility index (Phi) is 3.15. The predicted molar refractivity (Wildman–Crippen MR) is 71.8 cm³/mol. The van der Waals surface area contributed by atoms with E-state index in [9.17, 15) is 10.1 Å². The van der Waals surface area contributed by atoms with Crippen molar-refractivity contribution in [1.82, 2.24) is 4.98 Å². The van der Waals surface area contributed by atoms with Crippen molar-refractivity contribution in [1.29, 1.82) is 0 Å². The van der Waals surface area contributed by atoms with E-state index in [2.05, 4.69) is 26.2 Å². The van der Waals surface area contributed by atoms with Gasteiger partial charge >= 0.3 is 0 Å². The summed E-state index contributed by atoms with van der Waals surface area (Å²) in [7, 11) is 0. The minimum absolute atomic E-state index is 0.0118. The largest absolute Gasteiger partial charge is 0.376 e. The van der Waals surface area contributed by atoms with Crippen LogP contribution in [0.15, 0.2) is 16.7 Å². The van der Waals surface area contributed by atoms with Crippen molar-refractivity contribution in [3.05, 3.63) is 26.9 Å². The second-order valence-electron chi connectivity index (χ2n) is 4.82. The summed E-state index contributed by atoms with van der Waals surface area (Å²) in [5.74, 6) is 0.967. The molecule has 3 N–H and O–H groups in total. The van der Waals surface area contributed by atoms with Crippen LogP contribution in [0.3, 0.4) is 0 Å². The number of rotatable bonds is 3. The average molecular weight is 329 g/mol. The van der Waals surface area contributed by atoms with Gasteiger partial charge in [0.1, 0.15) is 12.0 Å². The summed E-state index contributed by atoms with van der Waals surface area (Å²) in [4.78, 5) is 14.2. The van der Waals surface area contributed by atoms with Gasteiger partial charge in [0.2, 0.25) is 0 Å². The summed E-state index contributed by atoms with van der Waals surface area (Å²) in [6.45, 7) is 0.746. The molecule has 102 valence electrons. The van der Waals surface area contributed by atoms with E-state index in [0.29, 0.717) is 16.2 Å². The lowest BCUT2D eigenvalue weighted by Crippen LogP contribution is -2.65. The SMILES string of the molecule is NC1C2CCOC2C1Nc1ncc([N+](=O)[O-])cc1Br. The molecule has 8 heteroatoms. The first-order chi connectivity index (χ1) is 9.08. The molecule has 1 saturated heterocycles. The van der Waals surface area contributed by atoms with Crippen molar-refractivity contribution in [3.8, 4) is 0 Å². The monoisotopic (exact) mass is 328 g/mol. The highest BCUT2D eigenvalue weighted by atomic mass is 79.9. The standard InChI is InChI=1S/C11H13BrN4O3/c12-7-3-5(16(17)18)4-14-11(7)15-9-8(13)6-1-2-19-10(6)9/h3-4,6,8-10H,1-2,13H2,(H,14,15). The van der Waals surface area contributed by atoms with Gasteiger partial charge in [-0.05, 0) is 22.4 Å². The molecule has 4 unspecified atom stereocenters. The summed E-state index contributed by atoms with van der Waals surface area (Å²) < 4.78 is 6.17. The Labute approximate surface area is 117 Å². The molecule has 2 fully saturated rings.